The highest BCUT2D eigenvalue weighted by Gasteiger charge is 2.19. The van der Waals surface area contributed by atoms with E-state index in [9.17, 15) is 8.42 Å². The molecular weight excluding hydrogens is 356 g/mol. The Kier molecular flexibility index (Phi) is 4.55. The van der Waals surface area contributed by atoms with E-state index in [0.717, 1.165) is 8.78 Å². The molecule has 2 rings (SSSR count). The average molecular weight is 371 g/mol. The molecule has 0 radical (unpaired) electrons. The van der Waals surface area contributed by atoms with Gasteiger partial charge in [0.05, 0.1) is 10.6 Å². The van der Waals surface area contributed by atoms with Crippen LogP contribution < -0.4 is 10.5 Å². The fraction of sp³-hybridized carbons (Fsp3) is 0.143. The van der Waals surface area contributed by atoms with Crippen molar-refractivity contribution in [3.05, 3.63) is 46.9 Å². The molecule has 0 aliphatic carbocycles. The van der Waals surface area contributed by atoms with Crippen molar-refractivity contribution < 1.29 is 13.2 Å². The highest BCUT2D eigenvalue weighted by atomic mass is 79.9. The maximum Gasteiger partial charge on any atom is 0.242 e. The van der Waals surface area contributed by atoms with Gasteiger partial charge in [0.25, 0.3) is 0 Å². The van der Waals surface area contributed by atoms with Gasteiger partial charge in [0.2, 0.25) is 10.0 Å². The number of benzene rings is 2. The molecule has 0 saturated carbocycles. The number of nitrogens with two attached hydrogens (primary N) is 1. The first-order chi connectivity index (χ1) is 9.80. The van der Waals surface area contributed by atoms with E-state index in [4.69, 9.17) is 10.5 Å². The van der Waals surface area contributed by atoms with E-state index < -0.39 is 10.0 Å². The van der Waals surface area contributed by atoms with Crippen LogP contribution in [0.3, 0.4) is 0 Å². The summed E-state index contributed by atoms with van der Waals surface area (Å²) in [4.78, 5) is 0.131. The molecule has 0 spiro atoms. The molecule has 0 aromatic heterocycles. The molecule has 2 aromatic rings. The Morgan fingerprint density at radius 1 is 1.14 bits per heavy atom. The van der Waals surface area contributed by atoms with Crippen molar-refractivity contribution in [2.24, 2.45) is 0 Å². The van der Waals surface area contributed by atoms with Crippen LogP contribution in [0, 0.1) is 0 Å². The molecule has 7 heteroatoms. The molecule has 2 N–H and O–H groups in total. The van der Waals surface area contributed by atoms with Crippen LogP contribution in [-0.2, 0) is 10.0 Å². The zero-order valence-electron chi connectivity index (χ0n) is 11.6. The number of nitrogens with zero attached hydrogens (tertiary/aromatic N) is 1. The van der Waals surface area contributed by atoms with Gasteiger partial charge in [-0.25, -0.2) is 12.7 Å². The number of hydrogen-bond donors (Lipinski definition) is 1. The van der Waals surface area contributed by atoms with Crippen molar-refractivity contribution in [3.63, 3.8) is 0 Å². The fourth-order valence-corrected chi connectivity index (χ4v) is 2.93. The summed E-state index contributed by atoms with van der Waals surface area (Å²) >= 11 is 3.35. The van der Waals surface area contributed by atoms with Crippen LogP contribution in [0.15, 0.2) is 51.8 Å². The Bertz CT molecular complexity index is 761. The molecule has 5 nitrogen and oxygen atoms in total. The number of hydrogen-bond acceptors (Lipinski definition) is 4. The second-order valence-electron chi connectivity index (χ2n) is 4.55. The lowest BCUT2D eigenvalue weighted by atomic mass is 10.3. The number of nitrogen functional groups attached to an aromatic ring is 1. The summed E-state index contributed by atoms with van der Waals surface area (Å²) in [5.74, 6) is 0.867. The monoisotopic (exact) mass is 370 g/mol. The van der Waals surface area contributed by atoms with Crippen LogP contribution in [0.4, 0.5) is 5.69 Å². The van der Waals surface area contributed by atoms with Gasteiger partial charge in [0, 0.05) is 24.6 Å². The van der Waals surface area contributed by atoms with Crippen molar-refractivity contribution in [3.8, 4) is 11.5 Å². The second-order valence-corrected chi connectivity index (χ2v) is 7.61. The number of rotatable bonds is 4. The Balaban J connectivity index is 2.41. The van der Waals surface area contributed by atoms with E-state index in [-0.39, 0.29) is 4.90 Å². The lowest BCUT2D eigenvalue weighted by molar-refractivity contribution is 0.481. The van der Waals surface area contributed by atoms with Crippen molar-refractivity contribution in [1.82, 2.24) is 4.31 Å². The van der Waals surface area contributed by atoms with Gasteiger partial charge in [-0.15, -0.1) is 0 Å². The van der Waals surface area contributed by atoms with Crippen LogP contribution in [0.1, 0.15) is 0 Å². The predicted octanol–water partition coefficient (Wildman–Crippen LogP) is 3.07. The van der Waals surface area contributed by atoms with Crippen LogP contribution >= 0.6 is 15.9 Å². The first kappa shape index (κ1) is 15.8. The van der Waals surface area contributed by atoms with Crippen LogP contribution in [0.2, 0.25) is 0 Å². The highest BCUT2D eigenvalue weighted by Crippen LogP contribution is 2.31. The first-order valence-electron chi connectivity index (χ1n) is 6.06. The lowest BCUT2D eigenvalue weighted by Crippen LogP contribution is -2.22. The second kappa shape index (κ2) is 6.05. The quantitative estimate of drug-likeness (QED) is 0.839. The van der Waals surface area contributed by atoms with E-state index in [0.29, 0.717) is 17.2 Å². The maximum atomic E-state index is 12.1. The predicted molar refractivity (Wildman–Crippen MR) is 85.9 cm³/mol. The van der Waals surface area contributed by atoms with Gasteiger partial charge in [-0.05, 0) is 30.3 Å². The molecule has 0 amide bonds. The SMILES string of the molecule is CN(C)S(=O)(=O)c1ccc(N)c(Oc2cccc(Br)c2)c1. The lowest BCUT2D eigenvalue weighted by Gasteiger charge is -2.14. The molecular formula is C14H15BrN2O3S. The van der Waals surface area contributed by atoms with E-state index in [1.54, 1.807) is 12.1 Å². The van der Waals surface area contributed by atoms with Crippen LogP contribution in [0.5, 0.6) is 11.5 Å². The standard InChI is InChI=1S/C14H15BrN2O3S/c1-17(2)21(18,19)12-6-7-13(16)14(9-12)20-11-5-3-4-10(15)8-11/h3-9H,16H2,1-2H3. The Morgan fingerprint density at radius 3 is 2.48 bits per heavy atom. The van der Waals surface area contributed by atoms with Gasteiger partial charge in [0.1, 0.15) is 5.75 Å². The van der Waals surface area contributed by atoms with Gasteiger partial charge < -0.3 is 10.5 Å². The first-order valence-corrected chi connectivity index (χ1v) is 8.29. The molecule has 21 heavy (non-hydrogen) atoms. The number of anilines is 1. The smallest absolute Gasteiger partial charge is 0.242 e. The summed E-state index contributed by atoms with van der Waals surface area (Å²) in [6.45, 7) is 0. The largest absolute Gasteiger partial charge is 0.455 e. The molecule has 0 heterocycles. The van der Waals surface area contributed by atoms with Crippen LogP contribution in [-0.4, -0.2) is 26.8 Å². The molecule has 0 atom stereocenters. The summed E-state index contributed by atoms with van der Waals surface area (Å²) in [6.07, 6.45) is 0. The molecule has 0 fully saturated rings. The van der Waals surface area contributed by atoms with Gasteiger partial charge in [-0.2, -0.15) is 0 Å². The van der Waals surface area contributed by atoms with E-state index in [1.165, 1.54) is 32.3 Å². The van der Waals surface area contributed by atoms with E-state index >= 15 is 0 Å². The molecule has 2 aromatic carbocycles. The third-order valence-corrected chi connectivity index (χ3v) is 5.09. The minimum atomic E-state index is -3.53. The third-order valence-electron chi connectivity index (χ3n) is 2.79. The number of sulfonamides is 1. The maximum absolute atomic E-state index is 12.1. The zero-order valence-corrected chi connectivity index (χ0v) is 14.0. The van der Waals surface area contributed by atoms with E-state index in [2.05, 4.69) is 15.9 Å². The molecule has 112 valence electrons. The van der Waals surface area contributed by atoms with Crippen molar-refractivity contribution >= 4 is 31.6 Å². The number of halogens is 1. The normalized spacial score (nSPS) is 11.6. The molecule has 0 bridgehead atoms. The number of ether oxygens (including phenoxy) is 1. The summed E-state index contributed by atoms with van der Waals surface area (Å²) < 4.78 is 31.9. The third kappa shape index (κ3) is 3.55. The minimum absolute atomic E-state index is 0.131. The Morgan fingerprint density at radius 2 is 1.86 bits per heavy atom. The van der Waals surface area contributed by atoms with Gasteiger partial charge in [-0.3, -0.25) is 0 Å². The van der Waals surface area contributed by atoms with Crippen molar-refractivity contribution in [2.75, 3.05) is 19.8 Å². The minimum Gasteiger partial charge on any atom is -0.455 e. The zero-order chi connectivity index (χ0) is 15.6. The Labute approximate surface area is 132 Å². The summed E-state index contributed by atoms with van der Waals surface area (Å²) in [6, 6.07) is 11.6. The topological polar surface area (TPSA) is 72.6 Å². The van der Waals surface area contributed by atoms with Crippen molar-refractivity contribution in [2.45, 2.75) is 4.90 Å². The van der Waals surface area contributed by atoms with Crippen molar-refractivity contribution in [1.29, 1.82) is 0 Å². The van der Waals surface area contributed by atoms with Gasteiger partial charge in [-0.1, -0.05) is 22.0 Å². The Hall–Kier alpha value is -1.57. The molecule has 0 aliphatic rings. The fourth-order valence-electron chi connectivity index (χ4n) is 1.63. The summed E-state index contributed by atoms with van der Waals surface area (Å²) in [5, 5.41) is 0. The van der Waals surface area contributed by atoms with Gasteiger partial charge >= 0.3 is 0 Å². The molecule has 0 aliphatic heterocycles. The summed E-state index contributed by atoms with van der Waals surface area (Å²) in [7, 11) is -0.583. The highest BCUT2D eigenvalue weighted by molar-refractivity contribution is 9.10. The molecule has 0 unspecified atom stereocenters. The van der Waals surface area contributed by atoms with Gasteiger partial charge in [0.15, 0.2) is 5.75 Å². The molecule has 0 saturated heterocycles. The average Bonchev–Trinajstić information content (AvgIpc) is 2.41. The van der Waals surface area contributed by atoms with Crippen LogP contribution in [0.25, 0.3) is 0 Å². The van der Waals surface area contributed by atoms with E-state index in [1.807, 2.05) is 12.1 Å². The summed E-state index contributed by atoms with van der Waals surface area (Å²) in [5.41, 5.74) is 6.22.